The molecule has 1 atom stereocenters. The van der Waals surface area contributed by atoms with Gasteiger partial charge in [-0.2, -0.15) is 0 Å². The summed E-state index contributed by atoms with van der Waals surface area (Å²) in [4.78, 5) is 45.6. The quantitative estimate of drug-likeness (QED) is 0.159. The SMILES string of the molecule is CCCc1nc2c(n1-c1ccc(-c3ccccc3-c3nnn[nH]3)cc1)C(C)(C(=O)OCOC(=O)OC(CC)CC)N(C(C)=O)CC2.Cl. The molecule has 0 radical (unpaired) electrons. The predicted octanol–water partition coefficient (Wildman–Crippen LogP) is 5.56. The first-order chi connectivity index (χ1) is 22.2. The van der Waals surface area contributed by atoms with Gasteiger partial charge in [0.05, 0.1) is 11.4 Å². The predicted molar refractivity (Wildman–Crippen MR) is 175 cm³/mol. The number of fused-ring (bicyclic) bond motifs is 1. The number of aromatic nitrogens is 6. The van der Waals surface area contributed by atoms with Crippen LogP contribution in [0.3, 0.4) is 0 Å². The number of tetrazole rings is 1. The Balaban J connectivity index is 0.00000500. The van der Waals surface area contributed by atoms with Crippen molar-refractivity contribution in [2.75, 3.05) is 13.3 Å². The standard InChI is InChI=1S/C33H39N7O6.ClH/c1-6-11-28-34-27-18-19-39(21(4)41)33(5,31(42)44-20-45-32(43)46-24(7-2)8-3)29(27)40(28)23-16-14-22(15-17-23)25-12-9-10-13-26(25)30-35-37-38-36-30;/h9-10,12-17,24H,6-8,11,18-20H2,1-5H3,(H,35,36,37,38);1H. The van der Waals surface area contributed by atoms with Crippen molar-refractivity contribution in [1.29, 1.82) is 0 Å². The fourth-order valence-electron chi connectivity index (χ4n) is 6.01. The number of nitrogens with zero attached hydrogens (tertiary/aromatic N) is 6. The van der Waals surface area contributed by atoms with Gasteiger partial charge in [0, 0.05) is 37.6 Å². The van der Waals surface area contributed by atoms with Gasteiger partial charge < -0.3 is 19.1 Å². The van der Waals surface area contributed by atoms with E-state index in [4.69, 9.17) is 19.2 Å². The number of aromatic amines is 1. The topological polar surface area (TPSA) is 154 Å². The van der Waals surface area contributed by atoms with Gasteiger partial charge in [0.2, 0.25) is 12.7 Å². The van der Waals surface area contributed by atoms with Crippen LogP contribution in [0.1, 0.15) is 71.1 Å². The molecule has 13 nitrogen and oxygen atoms in total. The van der Waals surface area contributed by atoms with Crippen molar-refractivity contribution < 1.29 is 28.6 Å². The van der Waals surface area contributed by atoms with Gasteiger partial charge >= 0.3 is 12.1 Å². The summed E-state index contributed by atoms with van der Waals surface area (Å²) in [6.07, 6.45) is 1.99. The van der Waals surface area contributed by atoms with Crippen LogP contribution in [0.5, 0.6) is 0 Å². The number of H-pyrrole nitrogens is 1. The minimum Gasteiger partial charge on any atom is -0.431 e. The van der Waals surface area contributed by atoms with Gasteiger partial charge in [-0.3, -0.25) is 9.36 Å². The molecule has 0 aliphatic carbocycles. The number of rotatable bonds is 11. The lowest BCUT2D eigenvalue weighted by Crippen LogP contribution is -2.57. The Labute approximate surface area is 279 Å². The maximum absolute atomic E-state index is 13.9. The molecule has 2 aromatic carbocycles. The molecular weight excluding hydrogens is 626 g/mol. The summed E-state index contributed by atoms with van der Waals surface area (Å²) < 4.78 is 17.8. The maximum Gasteiger partial charge on any atom is 0.511 e. The minimum atomic E-state index is -1.55. The highest BCUT2D eigenvalue weighted by atomic mass is 35.5. The van der Waals surface area contributed by atoms with E-state index in [0.29, 0.717) is 42.9 Å². The number of amides is 1. The molecule has 4 aromatic rings. The first-order valence-corrected chi connectivity index (χ1v) is 15.6. The molecule has 0 saturated heterocycles. The Morgan fingerprint density at radius 2 is 1.70 bits per heavy atom. The summed E-state index contributed by atoms with van der Waals surface area (Å²) in [6.45, 7) is 8.56. The van der Waals surface area contributed by atoms with E-state index in [-0.39, 0.29) is 31.0 Å². The molecule has 14 heteroatoms. The first-order valence-electron chi connectivity index (χ1n) is 15.6. The van der Waals surface area contributed by atoms with Gasteiger partial charge in [0.15, 0.2) is 11.4 Å². The Bertz CT molecular complexity index is 1690. The molecule has 0 spiro atoms. The summed E-state index contributed by atoms with van der Waals surface area (Å²) in [6, 6.07) is 15.7. The summed E-state index contributed by atoms with van der Waals surface area (Å²) >= 11 is 0. The highest BCUT2D eigenvalue weighted by molar-refractivity contribution is 5.89. The molecule has 1 N–H and O–H groups in total. The Hall–Kier alpha value is -4.78. The second kappa shape index (κ2) is 15.2. The molecule has 3 heterocycles. The monoisotopic (exact) mass is 665 g/mol. The largest absolute Gasteiger partial charge is 0.511 e. The number of hydrogen-bond donors (Lipinski definition) is 1. The van der Waals surface area contributed by atoms with E-state index in [2.05, 4.69) is 27.5 Å². The van der Waals surface area contributed by atoms with E-state index in [1.165, 1.54) is 11.8 Å². The van der Waals surface area contributed by atoms with Gasteiger partial charge in [-0.05, 0) is 59.9 Å². The van der Waals surface area contributed by atoms with Crippen LogP contribution in [-0.4, -0.2) is 72.5 Å². The zero-order valence-electron chi connectivity index (χ0n) is 27.2. The van der Waals surface area contributed by atoms with Crippen LogP contribution in [0, 0.1) is 0 Å². The van der Waals surface area contributed by atoms with Crippen LogP contribution in [0.15, 0.2) is 48.5 Å². The van der Waals surface area contributed by atoms with Gasteiger partial charge in [-0.15, -0.1) is 17.5 Å². The van der Waals surface area contributed by atoms with Crippen molar-refractivity contribution in [3.8, 4) is 28.2 Å². The average Bonchev–Trinajstić information content (AvgIpc) is 3.73. The number of halogens is 1. The fourth-order valence-corrected chi connectivity index (χ4v) is 6.01. The lowest BCUT2D eigenvalue weighted by molar-refractivity contribution is -0.173. The summed E-state index contributed by atoms with van der Waals surface area (Å²) in [5.74, 6) is 0.287. The zero-order chi connectivity index (χ0) is 32.8. The van der Waals surface area contributed by atoms with Crippen molar-refractivity contribution in [3.63, 3.8) is 0 Å². The van der Waals surface area contributed by atoms with E-state index in [9.17, 15) is 14.4 Å². The molecule has 1 amide bonds. The molecule has 1 aliphatic rings. The van der Waals surface area contributed by atoms with Crippen molar-refractivity contribution in [3.05, 3.63) is 65.7 Å². The molecule has 2 aromatic heterocycles. The molecular formula is C33H40ClN7O6. The lowest BCUT2D eigenvalue weighted by Gasteiger charge is -2.42. The third-order valence-electron chi connectivity index (χ3n) is 8.35. The van der Waals surface area contributed by atoms with Gasteiger partial charge in [-0.1, -0.05) is 57.2 Å². The number of ether oxygens (including phenoxy) is 3. The summed E-state index contributed by atoms with van der Waals surface area (Å²) in [7, 11) is 0. The number of nitrogens with one attached hydrogen (secondary N) is 1. The molecule has 47 heavy (non-hydrogen) atoms. The molecule has 0 saturated carbocycles. The Kier molecular flexibility index (Phi) is 11.3. The van der Waals surface area contributed by atoms with E-state index in [1.54, 1.807) is 6.92 Å². The fraction of sp³-hybridized carbons (Fsp3) is 0.424. The molecule has 5 rings (SSSR count). The second-order valence-electron chi connectivity index (χ2n) is 11.2. The lowest BCUT2D eigenvalue weighted by atomic mass is 9.88. The molecule has 1 aliphatic heterocycles. The van der Waals surface area contributed by atoms with Crippen LogP contribution in [-0.2, 0) is 42.2 Å². The average molecular weight is 666 g/mol. The Morgan fingerprint density at radius 3 is 2.32 bits per heavy atom. The number of imidazole rings is 1. The van der Waals surface area contributed by atoms with E-state index in [1.807, 2.05) is 66.9 Å². The van der Waals surface area contributed by atoms with Crippen LogP contribution < -0.4 is 0 Å². The van der Waals surface area contributed by atoms with Crippen LogP contribution in [0.2, 0.25) is 0 Å². The summed E-state index contributed by atoms with van der Waals surface area (Å²) in [5.41, 5.74) is 3.20. The van der Waals surface area contributed by atoms with E-state index < -0.39 is 24.5 Å². The molecule has 0 bridgehead atoms. The normalized spacial score (nSPS) is 15.5. The minimum absolute atomic E-state index is 0. The van der Waals surface area contributed by atoms with Crippen molar-refractivity contribution in [1.82, 2.24) is 35.1 Å². The van der Waals surface area contributed by atoms with Crippen molar-refractivity contribution in [2.24, 2.45) is 0 Å². The van der Waals surface area contributed by atoms with Gasteiger partial charge in [0.1, 0.15) is 11.9 Å². The first kappa shape index (κ1) is 35.1. The zero-order valence-corrected chi connectivity index (χ0v) is 28.0. The third-order valence-corrected chi connectivity index (χ3v) is 8.35. The molecule has 1 unspecified atom stereocenters. The number of esters is 1. The van der Waals surface area contributed by atoms with Crippen LogP contribution in [0.25, 0.3) is 28.2 Å². The number of benzene rings is 2. The highest BCUT2D eigenvalue weighted by Crippen LogP contribution is 2.40. The van der Waals surface area contributed by atoms with Gasteiger partial charge in [0.25, 0.3) is 0 Å². The van der Waals surface area contributed by atoms with Crippen LogP contribution >= 0.6 is 12.4 Å². The smallest absolute Gasteiger partial charge is 0.431 e. The van der Waals surface area contributed by atoms with Crippen LogP contribution in [0.4, 0.5) is 4.79 Å². The maximum atomic E-state index is 13.9. The Morgan fingerprint density at radius 1 is 1.00 bits per heavy atom. The third kappa shape index (κ3) is 6.99. The number of carbonyl (C=O) groups is 3. The molecule has 250 valence electrons. The van der Waals surface area contributed by atoms with Gasteiger partial charge in [-0.25, -0.2) is 19.7 Å². The number of hydrogen-bond acceptors (Lipinski definition) is 10. The van der Waals surface area contributed by atoms with E-state index >= 15 is 0 Å². The van der Waals surface area contributed by atoms with Crippen molar-refractivity contribution in [2.45, 2.75) is 78.4 Å². The number of carbonyl (C=O) groups excluding carboxylic acids is 3. The second-order valence-corrected chi connectivity index (χ2v) is 11.2. The summed E-state index contributed by atoms with van der Waals surface area (Å²) in [5, 5.41) is 14.3. The highest BCUT2D eigenvalue weighted by Gasteiger charge is 2.51. The van der Waals surface area contributed by atoms with Crippen molar-refractivity contribution >= 4 is 30.4 Å². The number of aryl methyl sites for hydroxylation is 1. The molecule has 0 fully saturated rings. The van der Waals surface area contributed by atoms with E-state index in [0.717, 1.165) is 34.6 Å².